The number of halogens is 3. The Balaban J connectivity index is 2.45. The number of nitrogens with one attached hydrogen (secondary N) is 1. The number of anilines is 1. The first kappa shape index (κ1) is 18.9. The van der Waals surface area contributed by atoms with E-state index in [4.69, 9.17) is 0 Å². The second-order valence-corrected chi connectivity index (χ2v) is 5.75. The minimum Gasteiger partial charge on any atom is -0.465 e. The summed E-state index contributed by atoms with van der Waals surface area (Å²) in [4.78, 5) is 24.9. The minimum absolute atomic E-state index is 0.162. The van der Waals surface area contributed by atoms with Gasteiger partial charge in [0.05, 0.1) is 29.5 Å². The van der Waals surface area contributed by atoms with Gasteiger partial charge in [-0.3, -0.25) is 4.79 Å². The number of carbonyl (C=O) groups is 2. The number of methoxy groups -OCH3 is 1. The summed E-state index contributed by atoms with van der Waals surface area (Å²) in [6, 6.07) is 9.10. The van der Waals surface area contributed by atoms with Crippen LogP contribution in [0.4, 0.5) is 18.9 Å². The highest BCUT2D eigenvalue weighted by molar-refractivity contribution is 7.98. The summed E-state index contributed by atoms with van der Waals surface area (Å²) in [5.74, 6) is -1.46. The third-order valence-corrected chi connectivity index (χ3v) is 4.15. The number of esters is 1. The number of rotatable bonds is 4. The summed E-state index contributed by atoms with van der Waals surface area (Å²) in [5, 5.41) is 2.38. The molecule has 4 nitrogen and oxygen atoms in total. The zero-order valence-electron chi connectivity index (χ0n) is 13.3. The second kappa shape index (κ2) is 7.60. The van der Waals surface area contributed by atoms with Crippen molar-refractivity contribution in [2.75, 3.05) is 18.7 Å². The molecule has 0 saturated carbocycles. The SMILES string of the molecule is COC(=O)c1ccc(C(F)(F)F)cc1NC(=O)c1ccccc1SC. The van der Waals surface area contributed by atoms with Crippen molar-refractivity contribution in [3.8, 4) is 0 Å². The van der Waals surface area contributed by atoms with Crippen LogP contribution in [0.1, 0.15) is 26.3 Å². The Morgan fingerprint density at radius 2 is 1.76 bits per heavy atom. The largest absolute Gasteiger partial charge is 0.465 e. The van der Waals surface area contributed by atoms with E-state index in [1.54, 1.807) is 30.5 Å². The van der Waals surface area contributed by atoms with E-state index < -0.39 is 23.6 Å². The summed E-state index contributed by atoms with van der Waals surface area (Å²) in [5.41, 5.74) is -1.11. The molecule has 0 atom stereocenters. The zero-order chi connectivity index (χ0) is 18.6. The predicted molar refractivity (Wildman–Crippen MR) is 89.0 cm³/mol. The molecule has 0 aliphatic rings. The van der Waals surface area contributed by atoms with Crippen molar-refractivity contribution < 1.29 is 27.5 Å². The molecule has 132 valence electrons. The van der Waals surface area contributed by atoms with Gasteiger partial charge in [-0.25, -0.2) is 4.79 Å². The van der Waals surface area contributed by atoms with Crippen molar-refractivity contribution in [3.63, 3.8) is 0 Å². The lowest BCUT2D eigenvalue weighted by Crippen LogP contribution is -2.17. The molecule has 1 N–H and O–H groups in total. The molecule has 0 spiro atoms. The first-order valence-electron chi connectivity index (χ1n) is 7.02. The number of alkyl halides is 3. The Hall–Kier alpha value is -2.48. The van der Waals surface area contributed by atoms with Gasteiger partial charge < -0.3 is 10.1 Å². The minimum atomic E-state index is -4.61. The van der Waals surface area contributed by atoms with E-state index in [0.29, 0.717) is 16.5 Å². The van der Waals surface area contributed by atoms with Crippen LogP contribution in [-0.4, -0.2) is 25.2 Å². The van der Waals surface area contributed by atoms with E-state index in [0.717, 1.165) is 19.2 Å². The van der Waals surface area contributed by atoms with Gasteiger partial charge in [0.2, 0.25) is 0 Å². The van der Waals surface area contributed by atoms with Crippen molar-refractivity contribution in [1.29, 1.82) is 0 Å². The molecule has 0 aliphatic heterocycles. The second-order valence-electron chi connectivity index (χ2n) is 4.90. The quantitative estimate of drug-likeness (QED) is 0.638. The summed E-state index contributed by atoms with van der Waals surface area (Å²) in [6.07, 6.45) is -2.83. The lowest BCUT2D eigenvalue weighted by molar-refractivity contribution is -0.137. The maximum absolute atomic E-state index is 12.9. The van der Waals surface area contributed by atoms with Gasteiger partial charge in [0, 0.05) is 4.90 Å². The standard InChI is InChI=1S/C17H14F3NO3S/c1-24-16(23)11-8-7-10(17(18,19)20)9-13(11)21-15(22)12-5-3-4-6-14(12)25-2/h3-9H,1-2H3,(H,21,22). The zero-order valence-corrected chi connectivity index (χ0v) is 14.1. The number of thioether (sulfide) groups is 1. The molecular formula is C17H14F3NO3S. The molecule has 0 fully saturated rings. The van der Waals surface area contributed by atoms with Crippen LogP contribution in [0.2, 0.25) is 0 Å². The van der Waals surface area contributed by atoms with Gasteiger partial charge in [0.15, 0.2) is 0 Å². The summed E-state index contributed by atoms with van der Waals surface area (Å²) in [6.45, 7) is 0. The summed E-state index contributed by atoms with van der Waals surface area (Å²) >= 11 is 1.32. The van der Waals surface area contributed by atoms with Gasteiger partial charge in [-0.15, -0.1) is 11.8 Å². The maximum atomic E-state index is 12.9. The van der Waals surface area contributed by atoms with Crippen molar-refractivity contribution in [1.82, 2.24) is 0 Å². The molecule has 0 heterocycles. The van der Waals surface area contributed by atoms with Crippen LogP contribution in [0.25, 0.3) is 0 Å². The van der Waals surface area contributed by atoms with E-state index in [-0.39, 0.29) is 11.3 Å². The third-order valence-electron chi connectivity index (χ3n) is 3.35. The van der Waals surface area contributed by atoms with Crippen LogP contribution >= 0.6 is 11.8 Å². The molecule has 2 rings (SSSR count). The first-order valence-corrected chi connectivity index (χ1v) is 8.24. The Morgan fingerprint density at radius 1 is 1.08 bits per heavy atom. The first-order chi connectivity index (χ1) is 11.8. The molecule has 25 heavy (non-hydrogen) atoms. The molecule has 0 radical (unpaired) electrons. The average molecular weight is 369 g/mol. The average Bonchev–Trinajstić information content (AvgIpc) is 2.60. The molecule has 8 heteroatoms. The highest BCUT2D eigenvalue weighted by Gasteiger charge is 2.32. The molecule has 1 amide bonds. The van der Waals surface area contributed by atoms with Gasteiger partial charge >= 0.3 is 12.1 Å². The number of ether oxygens (including phenoxy) is 1. The van der Waals surface area contributed by atoms with Gasteiger partial charge in [0.25, 0.3) is 5.91 Å². The van der Waals surface area contributed by atoms with E-state index in [9.17, 15) is 22.8 Å². The maximum Gasteiger partial charge on any atom is 0.416 e. The monoisotopic (exact) mass is 369 g/mol. The molecule has 0 saturated heterocycles. The summed E-state index contributed by atoms with van der Waals surface area (Å²) < 4.78 is 43.3. The normalized spacial score (nSPS) is 11.1. The molecular weight excluding hydrogens is 355 g/mol. The topological polar surface area (TPSA) is 55.4 Å². The molecule has 0 bridgehead atoms. The Bertz CT molecular complexity index is 806. The van der Waals surface area contributed by atoms with E-state index >= 15 is 0 Å². The van der Waals surface area contributed by atoms with E-state index in [2.05, 4.69) is 10.1 Å². The van der Waals surface area contributed by atoms with Crippen molar-refractivity contribution in [2.45, 2.75) is 11.1 Å². The van der Waals surface area contributed by atoms with Crippen molar-refractivity contribution >= 4 is 29.3 Å². The number of hydrogen-bond acceptors (Lipinski definition) is 4. The Labute approximate surface area is 146 Å². The van der Waals surface area contributed by atoms with Crippen molar-refractivity contribution in [2.24, 2.45) is 0 Å². The van der Waals surface area contributed by atoms with E-state index in [1.807, 2.05) is 0 Å². The number of hydrogen-bond donors (Lipinski definition) is 1. The van der Waals surface area contributed by atoms with E-state index in [1.165, 1.54) is 11.8 Å². The molecule has 0 aromatic heterocycles. The van der Waals surface area contributed by atoms with Crippen LogP contribution in [0.3, 0.4) is 0 Å². The van der Waals surface area contributed by atoms with Crippen LogP contribution in [-0.2, 0) is 10.9 Å². The number of carbonyl (C=O) groups excluding carboxylic acids is 2. The lowest BCUT2D eigenvalue weighted by Gasteiger charge is -2.14. The van der Waals surface area contributed by atoms with Crippen LogP contribution in [0.15, 0.2) is 47.4 Å². The molecule has 0 aliphatic carbocycles. The van der Waals surface area contributed by atoms with Crippen LogP contribution in [0.5, 0.6) is 0 Å². The van der Waals surface area contributed by atoms with Gasteiger partial charge in [0.1, 0.15) is 0 Å². The Kier molecular flexibility index (Phi) is 5.73. The number of benzene rings is 2. The fraction of sp³-hybridized carbons (Fsp3) is 0.176. The van der Waals surface area contributed by atoms with Gasteiger partial charge in [-0.1, -0.05) is 12.1 Å². The smallest absolute Gasteiger partial charge is 0.416 e. The van der Waals surface area contributed by atoms with Crippen LogP contribution in [0, 0.1) is 0 Å². The van der Waals surface area contributed by atoms with Crippen LogP contribution < -0.4 is 5.32 Å². The fourth-order valence-electron chi connectivity index (χ4n) is 2.13. The molecule has 2 aromatic rings. The third kappa shape index (κ3) is 4.33. The predicted octanol–water partition coefficient (Wildman–Crippen LogP) is 4.47. The fourth-order valence-corrected chi connectivity index (χ4v) is 2.73. The highest BCUT2D eigenvalue weighted by Crippen LogP contribution is 2.33. The Morgan fingerprint density at radius 3 is 2.36 bits per heavy atom. The summed E-state index contributed by atoms with van der Waals surface area (Å²) in [7, 11) is 1.11. The highest BCUT2D eigenvalue weighted by atomic mass is 32.2. The number of amides is 1. The lowest BCUT2D eigenvalue weighted by atomic mass is 10.1. The van der Waals surface area contributed by atoms with Gasteiger partial charge in [-0.2, -0.15) is 13.2 Å². The van der Waals surface area contributed by atoms with Crippen molar-refractivity contribution in [3.05, 3.63) is 59.2 Å². The molecule has 0 unspecified atom stereocenters. The molecule has 2 aromatic carbocycles. The van der Waals surface area contributed by atoms with Gasteiger partial charge in [-0.05, 0) is 36.6 Å².